The van der Waals surface area contributed by atoms with Crippen LogP contribution in [0.1, 0.15) is 40.5 Å². The molecule has 13 heteroatoms. The van der Waals surface area contributed by atoms with Crippen molar-refractivity contribution in [3.63, 3.8) is 0 Å². The molecule has 0 unspecified atom stereocenters. The molecule has 6 atom stereocenters. The molecular formula is C32H48ClN3O9. The Bertz CT molecular complexity index is 1240. The number of allylic oxidation sites excluding steroid dienone is 4. The Balaban J connectivity index is 0.0000101. The number of halogens is 1. The number of carbonyl (C=O) groups is 4. The Morgan fingerprint density at radius 3 is 2.38 bits per heavy atom. The van der Waals surface area contributed by atoms with Gasteiger partial charge in [-0.05, 0) is 52.3 Å². The number of rotatable bonds is 7. The lowest BCUT2D eigenvalue weighted by molar-refractivity contribution is -0.121. The maximum absolute atomic E-state index is 13.7. The Hall–Kier alpha value is -3.29. The first kappa shape index (κ1) is 39.7. The van der Waals surface area contributed by atoms with Crippen LogP contribution in [0.3, 0.4) is 0 Å². The molecule has 2 rings (SSSR count). The minimum Gasteiger partial charge on any atom is -0.488 e. The molecule has 45 heavy (non-hydrogen) atoms. The van der Waals surface area contributed by atoms with Crippen molar-refractivity contribution in [2.75, 3.05) is 41.5 Å². The number of aliphatic hydroxyl groups excluding tert-OH is 1. The second kappa shape index (κ2) is 18.6. The monoisotopic (exact) mass is 653 g/mol. The average molecular weight is 654 g/mol. The van der Waals surface area contributed by atoms with Gasteiger partial charge in [-0.3, -0.25) is 14.4 Å². The van der Waals surface area contributed by atoms with E-state index in [2.05, 4.69) is 5.32 Å². The molecule has 1 aliphatic heterocycles. The quantitative estimate of drug-likeness (QED) is 0.275. The molecule has 0 fully saturated rings. The molecule has 2 bridgehead atoms. The molecule has 12 nitrogen and oxygen atoms in total. The Labute approximate surface area is 271 Å². The van der Waals surface area contributed by atoms with Gasteiger partial charge in [0.15, 0.2) is 11.9 Å². The van der Waals surface area contributed by atoms with Gasteiger partial charge in [-0.15, -0.1) is 12.4 Å². The largest absolute Gasteiger partial charge is 0.488 e. The molecule has 4 N–H and O–H groups in total. The second-order valence-electron chi connectivity index (χ2n) is 11.5. The summed E-state index contributed by atoms with van der Waals surface area (Å²) in [6, 6.07) is 0. The predicted octanol–water partition coefficient (Wildman–Crippen LogP) is 2.76. The van der Waals surface area contributed by atoms with Crippen molar-refractivity contribution in [2.24, 2.45) is 17.6 Å². The molecule has 2 amide bonds. The van der Waals surface area contributed by atoms with E-state index in [0.717, 1.165) is 6.08 Å². The maximum atomic E-state index is 13.7. The first-order chi connectivity index (χ1) is 20.7. The van der Waals surface area contributed by atoms with E-state index in [0.29, 0.717) is 18.5 Å². The van der Waals surface area contributed by atoms with E-state index in [9.17, 15) is 24.3 Å². The third-order valence-corrected chi connectivity index (χ3v) is 7.53. The molecule has 0 aromatic heterocycles. The van der Waals surface area contributed by atoms with Gasteiger partial charge in [0, 0.05) is 43.9 Å². The minimum atomic E-state index is -1.00. The van der Waals surface area contributed by atoms with Gasteiger partial charge < -0.3 is 40.0 Å². The van der Waals surface area contributed by atoms with Crippen LogP contribution in [-0.4, -0.2) is 99.5 Å². The summed E-state index contributed by atoms with van der Waals surface area (Å²) in [5.41, 5.74) is 6.17. The van der Waals surface area contributed by atoms with Gasteiger partial charge in [-0.1, -0.05) is 38.2 Å². The smallest absolute Gasteiger partial charge is 0.405 e. The highest BCUT2D eigenvalue weighted by Crippen LogP contribution is 2.29. The fourth-order valence-electron chi connectivity index (χ4n) is 5.05. The third kappa shape index (κ3) is 11.5. The van der Waals surface area contributed by atoms with E-state index in [4.69, 9.17) is 24.7 Å². The van der Waals surface area contributed by atoms with E-state index in [1.54, 1.807) is 39.0 Å². The first-order valence-corrected chi connectivity index (χ1v) is 14.6. The van der Waals surface area contributed by atoms with Crippen LogP contribution >= 0.6 is 12.4 Å². The zero-order valence-electron chi connectivity index (χ0n) is 27.3. The van der Waals surface area contributed by atoms with Crippen LogP contribution < -0.4 is 11.1 Å². The lowest BCUT2D eigenvalue weighted by Crippen LogP contribution is -2.37. The number of primary amides is 1. The molecule has 0 radical (unpaired) electrons. The molecule has 0 saturated carbocycles. The molecule has 2 aliphatic rings. The lowest BCUT2D eigenvalue weighted by atomic mass is 9.85. The summed E-state index contributed by atoms with van der Waals surface area (Å²) in [5, 5.41) is 13.8. The van der Waals surface area contributed by atoms with Crippen LogP contribution in [0.15, 0.2) is 58.6 Å². The molecule has 0 aromatic carbocycles. The number of nitrogens with two attached hydrogens (primary N) is 1. The number of amides is 2. The van der Waals surface area contributed by atoms with Crippen molar-refractivity contribution >= 4 is 36.0 Å². The number of likely N-dealkylation sites (N-methyl/N-ethyl adjacent to an activating group) is 1. The van der Waals surface area contributed by atoms with Gasteiger partial charge in [-0.2, -0.15) is 0 Å². The molecule has 1 heterocycles. The van der Waals surface area contributed by atoms with Gasteiger partial charge in [0.05, 0.1) is 17.9 Å². The zero-order chi connectivity index (χ0) is 33.1. The van der Waals surface area contributed by atoms with Crippen molar-refractivity contribution in [1.29, 1.82) is 0 Å². The maximum Gasteiger partial charge on any atom is 0.405 e. The fraction of sp³-hybridized carbons (Fsp3) is 0.562. The van der Waals surface area contributed by atoms with Crippen molar-refractivity contribution in [2.45, 2.75) is 65.0 Å². The van der Waals surface area contributed by atoms with Crippen LogP contribution in [-0.2, 0) is 33.3 Å². The highest BCUT2D eigenvalue weighted by atomic mass is 35.5. The highest BCUT2D eigenvalue weighted by molar-refractivity contribution is 6.23. The normalized spacial score (nSPS) is 30.3. The van der Waals surface area contributed by atoms with E-state index < -0.39 is 53.9 Å². The summed E-state index contributed by atoms with van der Waals surface area (Å²) in [6.07, 6.45) is 3.63. The highest BCUT2D eigenvalue weighted by Gasteiger charge is 2.34. The lowest BCUT2D eigenvalue weighted by Gasteiger charge is -2.30. The van der Waals surface area contributed by atoms with E-state index in [1.165, 1.54) is 20.3 Å². The molecule has 1 aliphatic carbocycles. The van der Waals surface area contributed by atoms with Gasteiger partial charge in [0.2, 0.25) is 11.6 Å². The molecular weight excluding hydrogens is 606 g/mol. The number of Topliss-reactive ketones (excluding diaryl/α,β-unsaturated/α-hetero) is 1. The van der Waals surface area contributed by atoms with Gasteiger partial charge in [-0.25, -0.2) is 4.79 Å². The van der Waals surface area contributed by atoms with Crippen molar-refractivity contribution in [1.82, 2.24) is 10.2 Å². The molecule has 0 spiro atoms. The number of ketones is 2. The second-order valence-corrected chi connectivity index (χ2v) is 11.5. The molecule has 0 aromatic rings. The summed E-state index contributed by atoms with van der Waals surface area (Å²) in [5.74, 6) is -2.35. The zero-order valence-corrected chi connectivity index (χ0v) is 28.1. The summed E-state index contributed by atoms with van der Waals surface area (Å²) in [4.78, 5) is 53.5. The minimum absolute atomic E-state index is 0. The molecule has 252 valence electrons. The average Bonchev–Trinajstić information content (AvgIpc) is 2.95. The number of hydrogen-bond donors (Lipinski definition) is 3. The van der Waals surface area contributed by atoms with E-state index in [1.807, 2.05) is 25.9 Å². The Morgan fingerprint density at radius 2 is 1.80 bits per heavy atom. The van der Waals surface area contributed by atoms with Crippen molar-refractivity contribution in [3.8, 4) is 0 Å². The number of carbonyl (C=O) groups excluding carboxylic acids is 4. The summed E-state index contributed by atoms with van der Waals surface area (Å²) in [7, 11) is 6.64. The van der Waals surface area contributed by atoms with Gasteiger partial charge in [0.1, 0.15) is 12.7 Å². The summed E-state index contributed by atoms with van der Waals surface area (Å²) in [6.45, 7) is 7.68. The third-order valence-electron chi connectivity index (χ3n) is 7.53. The van der Waals surface area contributed by atoms with Crippen LogP contribution in [0.25, 0.3) is 0 Å². The van der Waals surface area contributed by atoms with E-state index in [-0.39, 0.29) is 54.0 Å². The molecule has 0 saturated heterocycles. The topological polar surface area (TPSA) is 167 Å². The number of methoxy groups -OCH3 is 2. The number of hydrogen-bond acceptors (Lipinski definition) is 10. The fourth-order valence-corrected chi connectivity index (χ4v) is 5.05. The van der Waals surface area contributed by atoms with Crippen LogP contribution in [0, 0.1) is 11.8 Å². The van der Waals surface area contributed by atoms with Crippen LogP contribution in [0.2, 0.25) is 0 Å². The number of ether oxygens (including phenoxy) is 4. The van der Waals surface area contributed by atoms with Crippen molar-refractivity contribution in [3.05, 3.63) is 58.6 Å². The number of nitrogens with zero attached hydrogens (tertiary/aromatic N) is 1. The van der Waals surface area contributed by atoms with Crippen LogP contribution in [0.5, 0.6) is 0 Å². The first-order valence-electron chi connectivity index (χ1n) is 14.6. The van der Waals surface area contributed by atoms with Crippen molar-refractivity contribution < 1.29 is 43.2 Å². The van der Waals surface area contributed by atoms with Gasteiger partial charge in [0.25, 0.3) is 5.91 Å². The predicted molar refractivity (Wildman–Crippen MR) is 171 cm³/mol. The Morgan fingerprint density at radius 1 is 1.13 bits per heavy atom. The summed E-state index contributed by atoms with van der Waals surface area (Å²) >= 11 is 0. The Kier molecular flexibility index (Phi) is 16.4. The van der Waals surface area contributed by atoms with E-state index >= 15 is 0 Å². The number of nitrogens with one attached hydrogen (secondary N) is 1. The SMILES string of the molecule is CO[C@H]1/C=C\C=C(/C)C(=O)NC2=CC(=O)C(OCCN(C)C)=C(C[C@@H](C)C[C@H](OC)[C@H](O)[C@@H](C)/C=C(\C)[C@@H]1OC(N)=O)C2=O.Cl. The standard InChI is InChI=1S/C32H47N3O9.ClH/c1-18-14-22-28(38)23(17-24(36)30(22)43-13-12-35(5)6)34-31(39)19(2)10-9-11-25(41-7)29(44-32(33)40)21(4)16-20(3)27(37)26(15-18)42-8;/h9-11,16-18,20,25-27,29,37H,12-15H2,1-8H3,(H2,33,40)(H,34,39);1H/b11-9-,19-10+,21-16+;/t18-,20+,25+,26+,27-,29+;/m1./s1. The van der Waals surface area contributed by atoms with Gasteiger partial charge >= 0.3 is 6.09 Å². The number of aliphatic hydroxyl groups is 1. The summed E-state index contributed by atoms with van der Waals surface area (Å²) < 4.78 is 22.4. The van der Waals surface area contributed by atoms with Crippen LogP contribution in [0.4, 0.5) is 4.79 Å². The number of fused-ring (bicyclic) bond motifs is 2.